The van der Waals surface area contributed by atoms with Gasteiger partial charge in [0, 0.05) is 37.2 Å². The molecule has 1 aromatic carbocycles. The summed E-state index contributed by atoms with van der Waals surface area (Å²) in [6, 6.07) is 5.98. The molecular weight excluding hydrogens is 262 g/mol. The first kappa shape index (κ1) is 14.7. The maximum Gasteiger partial charge on any atom is 0.128 e. The fourth-order valence-electron chi connectivity index (χ4n) is 4.09. The number of rotatable bonds is 1. The van der Waals surface area contributed by atoms with Gasteiger partial charge in [0.1, 0.15) is 17.1 Å². The SMILES string of the molecule is CC1CC(C)CN(C2CC(C)(C)Oc3cc(O)ccc32)C1. The standard InChI is InChI=1S/C18H27NO2/c1-12-7-13(2)11-19(10-12)16-9-18(3,4)21-17-8-14(20)5-6-15(16)17/h5-6,8,12-13,16,20H,7,9-11H2,1-4H3. The fraction of sp³-hybridized carbons (Fsp3) is 0.667. The van der Waals surface area contributed by atoms with Crippen LogP contribution >= 0.6 is 0 Å². The predicted molar refractivity (Wildman–Crippen MR) is 84.7 cm³/mol. The Balaban J connectivity index is 1.94. The highest BCUT2D eigenvalue weighted by Gasteiger charge is 2.38. The van der Waals surface area contributed by atoms with Crippen molar-refractivity contribution in [1.29, 1.82) is 0 Å². The molecule has 3 unspecified atom stereocenters. The number of aromatic hydroxyl groups is 1. The minimum absolute atomic E-state index is 0.185. The van der Waals surface area contributed by atoms with Crippen LogP contribution in [0.1, 0.15) is 52.1 Å². The highest BCUT2D eigenvalue weighted by molar-refractivity contribution is 5.44. The largest absolute Gasteiger partial charge is 0.508 e. The monoisotopic (exact) mass is 289 g/mol. The molecular formula is C18H27NO2. The number of nitrogens with zero attached hydrogens (tertiary/aromatic N) is 1. The maximum absolute atomic E-state index is 9.75. The molecule has 2 aliphatic heterocycles. The van der Waals surface area contributed by atoms with Gasteiger partial charge in [-0.1, -0.05) is 19.9 Å². The van der Waals surface area contributed by atoms with Crippen LogP contribution in [0, 0.1) is 11.8 Å². The summed E-state index contributed by atoms with van der Waals surface area (Å²) in [6.45, 7) is 11.3. The lowest BCUT2D eigenvalue weighted by Gasteiger charge is -2.46. The third-order valence-electron chi connectivity index (χ3n) is 4.77. The zero-order valence-corrected chi connectivity index (χ0v) is 13.6. The molecule has 3 nitrogen and oxygen atoms in total. The average molecular weight is 289 g/mol. The molecule has 2 heterocycles. The molecule has 116 valence electrons. The number of phenolic OH excluding ortho intramolecular Hbond substituents is 1. The van der Waals surface area contributed by atoms with Gasteiger partial charge in [0.25, 0.3) is 0 Å². The van der Waals surface area contributed by atoms with Crippen LogP contribution in [0.4, 0.5) is 0 Å². The van der Waals surface area contributed by atoms with Crippen molar-refractivity contribution in [2.24, 2.45) is 11.8 Å². The average Bonchev–Trinajstić information content (AvgIpc) is 2.34. The summed E-state index contributed by atoms with van der Waals surface area (Å²) in [5.41, 5.74) is 1.04. The van der Waals surface area contributed by atoms with E-state index in [2.05, 4.69) is 32.6 Å². The van der Waals surface area contributed by atoms with Crippen molar-refractivity contribution >= 4 is 0 Å². The minimum Gasteiger partial charge on any atom is -0.508 e. The first-order valence-electron chi connectivity index (χ1n) is 8.10. The van der Waals surface area contributed by atoms with Gasteiger partial charge in [0.2, 0.25) is 0 Å². The second-order valence-electron chi connectivity index (χ2n) is 7.70. The lowest BCUT2D eigenvalue weighted by Crippen LogP contribution is -2.46. The summed E-state index contributed by atoms with van der Waals surface area (Å²) < 4.78 is 6.09. The number of hydrogen-bond donors (Lipinski definition) is 1. The van der Waals surface area contributed by atoms with Crippen molar-refractivity contribution in [3.05, 3.63) is 23.8 Å². The Morgan fingerprint density at radius 1 is 1.19 bits per heavy atom. The van der Waals surface area contributed by atoms with E-state index in [-0.39, 0.29) is 11.4 Å². The Labute approximate surface area is 127 Å². The molecule has 2 aliphatic rings. The smallest absolute Gasteiger partial charge is 0.128 e. The van der Waals surface area contributed by atoms with Crippen molar-refractivity contribution in [2.75, 3.05) is 13.1 Å². The van der Waals surface area contributed by atoms with Gasteiger partial charge < -0.3 is 9.84 Å². The molecule has 0 amide bonds. The van der Waals surface area contributed by atoms with Crippen LogP contribution in [0.25, 0.3) is 0 Å². The molecule has 0 aromatic heterocycles. The van der Waals surface area contributed by atoms with Gasteiger partial charge in [-0.3, -0.25) is 4.90 Å². The second kappa shape index (κ2) is 5.20. The molecule has 21 heavy (non-hydrogen) atoms. The number of fused-ring (bicyclic) bond motifs is 1. The van der Waals surface area contributed by atoms with E-state index in [1.165, 1.54) is 12.0 Å². The lowest BCUT2D eigenvalue weighted by molar-refractivity contribution is 0.00726. The van der Waals surface area contributed by atoms with E-state index in [4.69, 9.17) is 4.74 Å². The first-order valence-corrected chi connectivity index (χ1v) is 8.10. The van der Waals surface area contributed by atoms with Crippen molar-refractivity contribution in [1.82, 2.24) is 4.90 Å². The molecule has 0 bridgehead atoms. The topological polar surface area (TPSA) is 32.7 Å². The molecule has 3 rings (SSSR count). The Morgan fingerprint density at radius 2 is 1.86 bits per heavy atom. The molecule has 1 fully saturated rings. The summed E-state index contributed by atoms with van der Waals surface area (Å²) in [5, 5.41) is 9.75. The molecule has 0 spiro atoms. The summed E-state index contributed by atoms with van der Waals surface area (Å²) in [4.78, 5) is 2.62. The number of piperidine rings is 1. The molecule has 1 N–H and O–H groups in total. The van der Waals surface area contributed by atoms with E-state index in [1.54, 1.807) is 12.1 Å². The Morgan fingerprint density at radius 3 is 2.52 bits per heavy atom. The van der Waals surface area contributed by atoms with E-state index in [9.17, 15) is 5.11 Å². The van der Waals surface area contributed by atoms with Crippen molar-refractivity contribution in [2.45, 2.75) is 52.2 Å². The zero-order chi connectivity index (χ0) is 15.2. The van der Waals surface area contributed by atoms with Crippen molar-refractivity contribution in [3.8, 4) is 11.5 Å². The summed E-state index contributed by atoms with van der Waals surface area (Å²) in [7, 11) is 0. The predicted octanol–water partition coefficient (Wildman–Crippen LogP) is 3.97. The van der Waals surface area contributed by atoms with Gasteiger partial charge in [-0.25, -0.2) is 0 Å². The first-order chi connectivity index (χ1) is 9.84. The van der Waals surface area contributed by atoms with E-state index in [1.807, 2.05) is 6.07 Å². The molecule has 1 saturated heterocycles. The number of ether oxygens (including phenoxy) is 1. The molecule has 0 aliphatic carbocycles. The quantitative estimate of drug-likeness (QED) is 0.849. The van der Waals surface area contributed by atoms with Gasteiger partial charge in [0.05, 0.1) is 0 Å². The molecule has 0 radical (unpaired) electrons. The minimum atomic E-state index is -0.185. The van der Waals surface area contributed by atoms with Crippen LogP contribution < -0.4 is 4.74 Å². The Bertz CT molecular complexity index is 516. The van der Waals surface area contributed by atoms with Crippen LogP contribution in [0.2, 0.25) is 0 Å². The fourth-order valence-corrected chi connectivity index (χ4v) is 4.09. The second-order valence-corrected chi connectivity index (χ2v) is 7.70. The van der Waals surface area contributed by atoms with Crippen LogP contribution in [0.3, 0.4) is 0 Å². The van der Waals surface area contributed by atoms with Gasteiger partial charge in [0.15, 0.2) is 0 Å². The van der Waals surface area contributed by atoms with E-state index in [0.717, 1.165) is 37.1 Å². The van der Waals surface area contributed by atoms with Crippen LogP contribution in [0.15, 0.2) is 18.2 Å². The highest BCUT2D eigenvalue weighted by Crippen LogP contribution is 2.45. The highest BCUT2D eigenvalue weighted by atomic mass is 16.5. The summed E-state index contributed by atoms with van der Waals surface area (Å²) in [5.74, 6) is 2.63. The summed E-state index contributed by atoms with van der Waals surface area (Å²) in [6.07, 6.45) is 2.33. The Kier molecular flexibility index (Phi) is 3.64. The number of hydrogen-bond acceptors (Lipinski definition) is 3. The molecule has 0 saturated carbocycles. The van der Waals surface area contributed by atoms with Crippen LogP contribution in [-0.4, -0.2) is 28.7 Å². The lowest BCUT2D eigenvalue weighted by atomic mass is 9.84. The summed E-state index contributed by atoms with van der Waals surface area (Å²) >= 11 is 0. The molecule has 3 heteroatoms. The van der Waals surface area contributed by atoms with Gasteiger partial charge in [-0.15, -0.1) is 0 Å². The normalized spacial score (nSPS) is 32.3. The third kappa shape index (κ3) is 3.03. The van der Waals surface area contributed by atoms with Crippen LogP contribution in [-0.2, 0) is 0 Å². The zero-order valence-electron chi connectivity index (χ0n) is 13.6. The van der Waals surface area contributed by atoms with E-state index < -0.39 is 0 Å². The van der Waals surface area contributed by atoms with Crippen molar-refractivity contribution in [3.63, 3.8) is 0 Å². The van der Waals surface area contributed by atoms with Gasteiger partial charge >= 0.3 is 0 Å². The van der Waals surface area contributed by atoms with E-state index >= 15 is 0 Å². The van der Waals surface area contributed by atoms with Gasteiger partial charge in [-0.2, -0.15) is 0 Å². The Hall–Kier alpha value is -1.22. The number of benzene rings is 1. The van der Waals surface area contributed by atoms with Crippen LogP contribution in [0.5, 0.6) is 11.5 Å². The third-order valence-corrected chi connectivity index (χ3v) is 4.77. The number of likely N-dealkylation sites (tertiary alicyclic amines) is 1. The maximum atomic E-state index is 9.75. The number of phenols is 1. The molecule has 3 atom stereocenters. The van der Waals surface area contributed by atoms with E-state index in [0.29, 0.717) is 6.04 Å². The molecule has 1 aromatic rings. The van der Waals surface area contributed by atoms with Crippen molar-refractivity contribution < 1.29 is 9.84 Å². The van der Waals surface area contributed by atoms with Gasteiger partial charge in [-0.05, 0) is 38.2 Å².